The number of hydrogen-bond donors (Lipinski definition) is 0. The number of rotatable bonds is 4. The van der Waals surface area contributed by atoms with Gasteiger partial charge in [0.15, 0.2) is 0 Å². The Kier molecular flexibility index (Phi) is 5.82. The van der Waals surface area contributed by atoms with Crippen LogP contribution in [0.15, 0.2) is 24.3 Å². The quantitative estimate of drug-likeness (QED) is 0.599. The molecule has 27 heavy (non-hydrogen) atoms. The normalized spacial score (nSPS) is 28.1. The van der Waals surface area contributed by atoms with Gasteiger partial charge in [-0.1, -0.05) is 26.7 Å². The third-order valence-corrected chi connectivity index (χ3v) is 6.05. The van der Waals surface area contributed by atoms with E-state index in [2.05, 4.69) is 18.6 Å². The third-order valence-electron chi connectivity index (χ3n) is 6.05. The van der Waals surface area contributed by atoms with Crippen molar-refractivity contribution in [2.45, 2.75) is 45.6 Å². The SMILES string of the molecule is COC(=O)c1ccc(OC(=O)[C@@H]2CC(=O)N([C@H]3CCC[C@@H](C)[C@H]3C)C2)cc1. The molecular weight excluding hydrogens is 346 g/mol. The van der Waals surface area contributed by atoms with Gasteiger partial charge in [0, 0.05) is 19.0 Å². The van der Waals surface area contributed by atoms with Gasteiger partial charge in [0.2, 0.25) is 5.91 Å². The Balaban J connectivity index is 1.61. The number of esters is 2. The van der Waals surface area contributed by atoms with Crippen molar-refractivity contribution < 1.29 is 23.9 Å². The lowest BCUT2D eigenvalue weighted by Gasteiger charge is -2.39. The molecule has 0 unspecified atom stereocenters. The van der Waals surface area contributed by atoms with E-state index < -0.39 is 17.9 Å². The van der Waals surface area contributed by atoms with Crippen molar-refractivity contribution in [3.8, 4) is 5.75 Å². The highest BCUT2D eigenvalue weighted by atomic mass is 16.5. The second kappa shape index (κ2) is 8.11. The lowest BCUT2D eigenvalue weighted by atomic mass is 9.77. The fraction of sp³-hybridized carbons (Fsp3) is 0.571. The van der Waals surface area contributed by atoms with Gasteiger partial charge in [0.05, 0.1) is 18.6 Å². The lowest BCUT2D eigenvalue weighted by Crippen LogP contribution is -2.45. The third kappa shape index (κ3) is 4.15. The average Bonchev–Trinajstić information content (AvgIpc) is 3.05. The molecule has 1 aliphatic carbocycles. The standard InChI is InChI=1S/C21H27NO5/c1-13-5-4-6-18(14(13)2)22-12-16(11-19(22)23)21(25)27-17-9-7-15(8-10-17)20(24)26-3/h7-10,13-14,16,18H,4-6,11-12H2,1-3H3/t13-,14-,16-,18+/m1/s1. The van der Waals surface area contributed by atoms with Gasteiger partial charge in [0.25, 0.3) is 0 Å². The summed E-state index contributed by atoms with van der Waals surface area (Å²) in [4.78, 5) is 38.4. The van der Waals surface area contributed by atoms with E-state index in [-0.39, 0.29) is 18.4 Å². The van der Waals surface area contributed by atoms with Crippen LogP contribution >= 0.6 is 0 Å². The molecule has 1 saturated carbocycles. The molecule has 1 saturated heterocycles. The summed E-state index contributed by atoms with van der Waals surface area (Å²) in [6.45, 7) is 4.87. The zero-order valence-corrected chi connectivity index (χ0v) is 16.1. The smallest absolute Gasteiger partial charge is 0.337 e. The number of ether oxygens (including phenoxy) is 2. The van der Waals surface area contributed by atoms with Crippen LogP contribution in [0.5, 0.6) is 5.75 Å². The Labute approximate surface area is 159 Å². The van der Waals surface area contributed by atoms with Crippen molar-refractivity contribution in [1.82, 2.24) is 4.90 Å². The second-order valence-corrected chi connectivity index (χ2v) is 7.72. The van der Waals surface area contributed by atoms with Crippen molar-refractivity contribution in [1.29, 1.82) is 0 Å². The number of methoxy groups -OCH3 is 1. The monoisotopic (exact) mass is 373 g/mol. The minimum absolute atomic E-state index is 0.0453. The van der Waals surface area contributed by atoms with Gasteiger partial charge in [-0.2, -0.15) is 0 Å². The molecular formula is C21H27NO5. The molecule has 1 aliphatic heterocycles. The summed E-state index contributed by atoms with van der Waals surface area (Å²) in [5.74, 6) is 0.164. The first-order valence-corrected chi connectivity index (χ1v) is 9.60. The van der Waals surface area contributed by atoms with Crippen LogP contribution in [0.25, 0.3) is 0 Å². The van der Waals surface area contributed by atoms with E-state index in [0.717, 1.165) is 12.8 Å². The van der Waals surface area contributed by atoms with Gasteiger partial charge in [-0.05, 0) is 42.5 Å². The molecule has 6 heteroatoms. The highest BCUT2D eigenvalue weighted by Crippen LogP contribution is 2.36. The summed E-state index contributed by atoms with van der Waals surface area (Å²) in [5, 5.41) is 0. The number of amides is 1. The maximum Gasteiger partial charge on any atom is 0.337 e. The molecule has 1 aromatic carbocycles. The minimum atomic E-state index is -0.444. The zero-order valence-electron chi connectivity index (χ0n) is 16.1. The first kappa shape index (κ1) is 19.4. The molecule has 2 aliphatic rings. The van der Waals surface area contributed by atoms with E-state index >= 15 is 0 Å². The van der Waals surface area contributed by atoms with Crippen LogP contribution in [0.4, 0.5) is 0 Å². The molecule has 1 aromatic rings. The van der Waals surface area contributed by atoms with Crippen molar-refractivity contribution in [3.63, 3.8) is 0 Å². The molecule has 0 bridgehead atoms. The number of likely N-dealkylation sites (tertiary alicyclic amines) is 1. The van der Waals surface area contributed by atoms with Crippen LogP contribution in [0.2, 0.25) is 0 Å². The van der Waals surface area contributed by atoms with Crippen LogP contribution in [0.1, 0.15) is 49.9 Å². The first-order valence-electron chi connectivity index (χ1n) is 9.60. The van der Waals surface area contributed by atoms with E-state index in [1.807, 2.05) is 4.90 Å². The van der Waals surface area contributed by atoms with Crippen LogP contribution < -0.4 is 4.74 Å². The van der Waals surface area contributed by atoms with Crippen LogP contribution in [-0.4, -0.2) is 42.4 Å². The molecule has 0 aromatic heterocycles. The number of carbonyl (C=O) groups is 3. The Morgan fingerprint density at radius 3 is 2.48 bits per heavy atom. The Morgan fingerprint density at radius 1 is 1.11 bits per heavy atom. The summed E-state index contributed by atoms with van der Waals surface area (Å²) in [7, 11) is 1.31. The van der Waals surface area contributed by atoms with Gasteiger partial charge in [0.1, 0.15) is 5.75 Å². The first-order chi connectivity index (χ1) is 12.9. The lowest BCUT2D eigenvalue weighted by molar-refractivity contribution is -0.139. The topological polar surface area (TPSA) is 72.9 Å². The molecule has 1 heterocycles. The number of carbonyl (C=O) groups excluding carboxylic acids is 3. The van der Waals surface area contributed by atoms with E-state index in [4.69, 9.17) is 4.74 Å². The summed E-state index contributed by atoms with van der Waals surface area (Å²) < 4.78 is 10.1. The van der Waals surface area contributed by atoms with E-state index in [1.165, 1.54) is 13.5 Å². The van der Waals surface area contributed by atoms with Crippen molar-refractivity contribution >= 4 is 17.8 Å². The van der Waals surface area contributed by atoms with Gasteiger partial charge in [-0.15, -0.1) is 0 Å². The molecule has 0 radical (unpaired) electrons. The maximum absolute atomic E-state index is 12.5. The van der Waals surface area contributed by atoms with Crippen molar-refractivity contribution in [2.75, 3.05) is 13.7 Å². The van der Waals surface area contributed by atoms with Crippen molar-refractivity contribution in [3.05, 3.63) is 29.8 Å². The summed E-state index contributed by atoms with van der Waals surface area (Å²) >= 11 is 0. The number of nitrogens with zero attached hydrogens (tertiary/aromatic N) is 1. The minimum Gasteiger partial charge on any atom is -0.465 e. The summed E-state index contributed by atoms with van der Waals surface area (Å²) in [6.07, 6.45) is 3.54. The summed E-state index contributed by atoms with van der Waals surface area (Å²) in [6, 6.07) is 6.43. The van der Waals surface area contributed by atoms with Gasteiger partial charge in [-0.3, -0.25) is 9.59 Å². The van der Waals surface area contributed by atoms with Crippen molar-refractivity contribution in [2.24, 2.45) is 17.8 Å². The predicted molar refractivity (Wildman–Crippen MR) is 99.2 cm³/mol. The fourth-order valence-corrected chi connectivity index (χ4v) is 4.18. The van der Waals surface area contributed by atoms with E-state index in [9.17, 15) is 14.4 Å². The largest absolute Gasteiger partial charge is 0.465 e. The number of benzene rings is 1. The molecule has 2 fully saturated rings. The Hall–Kier alpha value is -2.37. The number of hydrogen-bond acceptors (Lipinski definition) is 5. The van der Waals surface area contributed by atoms with Gasteiger partial charge < -0.3 is 14.4 Å². The highest BCUT2D eigenvalue weighted by Gasteiger charge is 2.42. The van der Waals surface area contributed by atoms with Crippen LogP contribution in [0.3, 0.4) is 0 Å². The molecule has 0 spiro atoms. The molecule has 0 N–H and O–H groups in total. The van der Waals surface area contributed by atoms with Gasteiger partial charge in [-0.25, -0.2) is 4.79 Å². The molecule has 4 atom stereocenters. The Morgan fingerprint density at radius 2 is 1.81 bits per heavy atom. The summed E-state index contributed by atoms with van der Waals surface area (Å²) in [5.41, 5.74) is 0.389. The highest BCUT2D eigenvalue weighted by molar-refractivity contribution is 5.90. The van der Waals surface area contributed by atoms with Crippen LogP contribution in [0, 0.1) is 17.8 Å². The molecule has 1 amide bonds. The maximum atomic E-state index is 12.5. The fourth-order valence-electron chi connectivity index (χ4n) is 4.18. The predicted octanol–water partition coefficient (Wildman–Crippen LogP) is 3.05. The van der Waals surface area contributed by atoms with Gasteiger partial charge >= 0.3 is 11.9 Å². The average molecular weight is 373 g/mol. The molecule has 3 rings (SSSR count). The van der Waals surface area contributed by atoms with E-state index in [1.54, 1.807) is 24.3 Å². The Bertz CT molecular complexity index is 714. The second-order valence-electron chi connectivity index (χ2n) is 7.72. The van der Waals surface area contributed by atoms with E-state index in [0.29, 0.717) is 29.7 Å². The van der Waals surface area contributed by atoms with Crippen LogP contribution in [-0.2, 0) is 14.3 Å². The molecule has 6 nitrogen and oxygen atoms in total. The molecule has 146 valence electrons. The zero-order chi connectivity index (χ0) is 19.6.